The summed E-state index contributed by atoms with van der Waals surface area (Å²) in [4.78, 5) is 10.9. The van der Waals surface area contributed by atoms with Crippen molar-refractivity contribution < 1.29 is 18.0 Å². The Balaban J connectivity index is 2.17. The molecule has 18 heavy (non-hydrogen) atoms. The van der Waals surface area contributed by atoms with Gasteiger partial charge in [0.05, 0.1) is 5.69 Å². The molecule has 1 amide bonds. The number of carbonyl (C=O) groups excluding carboxylic acids is 1. The van der Waals surface area contributed by atoms with E-state index in [-0.39, 0.29) is 5.69 Å². The van der Waals surface area contributed by atoms with Crippen molar-refractivity contribution in [3.8, 4) is 11.8 Å². The van der Waals surface area contributed by atoms with Gasteiger partial charge in [0.15, 0.2) is 0 Å². The number of benzene rings is 1. The van der Waals surface area contributed by atoms with Crippen molar-refractivity contribution in [3.05, 3.63) is 29.8 Å². The summed E-state index contributed by atoms with van der Waals surface area (Å²) in [6.45, 7) is 0. The fourth-order valence-electron chi connectivity index (χ4n) is 1.30. The minimum absolute atomic E-state index is 0.0907. The Kier molecular flexibility index (Phi) is 3.28. The number of hydrogen-bond acceptors (Lipinski definition) is 1. The van der Waals surface area contributed by atoms with Crippen LogP contribution in [0.15, 0.2) is 24.3 Å². The third-order valence-electron chi connectivity index (χ3n) is 2.42. The van der Waals surface area contributed by atoms with Gasteiger partial charge >= 0.3 is 12.1 Å². The van der Waals surface area contributed by atoms with E-state index in [1.165, 1.54) is 6.07 Å². The van der Waals surface area contributed by atoms with Crippen LogP contribution in [0.5, 0.6) is 0 Å². The van der Waals surface area contributed by atoms with E-state index in [2.05, 4.69) is 11.8 Å². The Morgan fingerprint density at radius 2 is 1.94 bits per heavy atom. The van der Waals surface area contributed by atoms with Crippen molar-refractivity contribution in [3.63, 3.8) is 0 Å². The second-order valence-corrected chi connectivity index (χ2v) is 4.04. The van der Waals surface area contributed by atoms with Crippen molar-refractivity contribution in [2.24, 2.45) is 5.92 Å². The number of halogens is 3. The lowest BCUT2D eigenvalue weighted by molar-refractivity contribution is -0.167. The van der Waals surface area contributed by atoms with Gasteiger partial charge in [-0.3, -0.25) is 4.79 Å². The number of amides is 1. The second-order valence-electron chi connectivity index (χ2n) is 4.04. The first-order valence-corrected chi connectivity index (χ1v) is 5.45. The summed E-state index contributed by atoms with van der Waals surface area (Å²) in [5, 5.41) is 1.83. The highest BCUT2D eigenvalue weighted by Crippen LogP contribution is 2.28. The number of anilines is 1. The van der Waals surface area contributed by atoms with Gasteiger partial charge in [0.2, 0.25) is 0 Å². The van der Waals surface area contributed by atoms with Crippen molar-refractivity contribution in [2.75, 3.05) is 5.32 Å². The van der Waals surface area contributed by atoms with Crippen LogP contribution in [0.1, 0.15) is 18.4 Å². The minimum Gasteiger partial charge on any atom is -0.317 e. The molecule has 0 aliphatic heterocycles. The van der Waals surface area contributed by atoms with E-state index in [1.807, 2.05) is 5.32 Å². The van der Waals surface area contributed by atoms with Crippen molar-refractivity contribution >= 4 is 11.6 Å². The molecule has 0 bridgehead atoms. The molecule has 0 spiro atoms. The van der Waals surface area contributed by atoms with Crippen molar-refractivity contribution in [1.29, 1.82) is 0 Å². The Hall–Kier alpha value is -1.96. The van der Waals surface area contributed by atoms with Crippen LogP contribution >= 0.6 is 0 Å². The van der Waals surface area contributed by atoms with E-state index in [1.54, 1.807) is 18.2 Å². The molecule has 0 atom stereocenters. The number of alkyl halides is 3. The zero-order valence-corrected chi connectivity index (χ0v) is 9.34. The molecule has 1 N–H and O–H groups in total. The molecule has 1 aromatic rings. The molecule has 1 aliphatic carbocycles. The largest absolute Gasteiger partial charge is 0.471 e. The molecule has 1 aromatic carbocycles. The Morgan fingerprint density at radius 1 is 1.28 bits per heavy atom. The van der Waals surface area contributed by atoms with Gasteiger partial charge in [0, 0.05) is 11.5 Å². The van der Waals surface area contributed by atoms with Crippen molar-refractivity contribution in [2.45, 2.75) is 19.0 Å². The summed E-state index contributed by atoms with van der Waals surface area (Å²) < 4.78 is 36.4. The average molecular weight is 253 g/mol. The summed E-state index contributed by atoms with van der Waals surface area (Å²) in [6.07, 6.45) is -2.83. The number of carbonyl (C=O) groups is 1. The topological polar surface area (TPSA) is 29.1 Å². The van der Waals surface area contributed by atoms with Gasteiger partial charge < -0.3 is 5.32 Å². The third kappa shape index (κ3) is 3.27. The molecular formula is C13H10F3NO. The van der Waals surface area contributed by atoms with Crippen LogP contribution in [0.4, 0.5) is 18.9 Å². The summed E-state index contributed by atoms with van der Waals surface area (Å²) >= 11 is 0. The highest BCUT2D eigenvalue weighted by molar-refractivity contribution is 5.96. The highest BCUT2D eigenvalue weighted by atomic mass is 19.4. The van der Waals surface area contributed by atoms with Gasteiger partial charge in [-0.2, -0.15) is 13.2 Å². The maximum atomic E-state index is 12.1. The number of para-hydroxylation sites is 1. The molecule has 2 nitrogen and oxygen atoms in total. The maximum absolute atomic E-state index is 12.1. The number of hydrogen-bond donors (Lipinski definition) is 1. The molecule has 2 rings (SSSR count). The summed E-state index contributed by atoms with van der Waals surface area (Å²) in [7, 11) is 0. The first-order valence-electron chi connectivity index (χ1n) is 5.45. The Bertz CT molecular complexity index is 521. The number of rotatable bonds is 1. The van der Waals surface area contributed by atoms with E-state index in [0.717, 1.165) is 12.8 Å². The average Bonchev–Trinajstić information content (AvgIpc) is 3.10. The van der Waals surface area contributed by atoms with Crippen molar-refractivity contribution in [1.82, 2.24) is 0 Å². The molecule has 1 saturated carbocycles. The first kappa shape index (κ1) is 12.5. The predicted molar refractivity (Wildman–Crippen MR) is 60.7 cm³/mol. The molecule has 0 unspecified atom stereocenters. The molecule has 1 fully saturated rings. The lowest BCUT2D eigenvalue weighted by Gasteiger charge is -2.09. The van der Waals surface area contributed by atoms with Crippen LogP contribution in [-0.4, -0.2) is 12.1 Å². The summed E-state index contributed by atoms with van der Waals surface area (Å²) in [5.41, 5.74) is 0.495. The molecular weight excluding hydrogens is 243 g/mol. The lowest BCUT2D eigenvalue weighted by atomic mass is 10.1. The van der Waals surface area contributed by atoms with Crippen LogP contribution in [-0.2, 0) is 4.79 Å². The van der Waals surface area contributed by atoms with Crippen LogP contribution in [0.3, 0.4) is 0 Å². The van der Waals surface area contributed by atoms with E-state index < -0.39 is 12.1 Å². The summed E-state index contributed by atoms with van der Waals surface area (Å²) in [6, 6.07) is 6.20. The fraction of sp³-hybridized carbons (Fsp3) is 0.308. The molecule has 0 radical (unpaired) electrons. The molecule has 0 saturated heterocycles. The fourth-order valence-corrected chi connectivity index (χ4v) is 1.30. The number of nitrogens with one attached hydrogen (secondary N) is 1. The molecule has 0 heterocycles. The minimum atomic E-state index is -4.89. The lowest BCUT2D eigenvalue weighted by Crippen LogP contribution is -2.30. The van der Waals surface area contributed by atoms with E-state index >= 15 is 0 Å². The van der Waals surface area contributed by atoms with Gasteiger partial charge in [-0.15, -0.1) is 0 Å². The van der Waals surface area contributed by atoms with E-state index in [9.17, 15) is 18.0 Å². The highest BCUT2D eigenvalue weighted by Gasteiger charge is 2.38. The molecule has 5 heteroatoms. The molecule has 0 aromatic heterocycles. The standard InChI is InChI=1S/C13H10F3NO/c14-13(15,16)12(18)17-11-4-2-1-3-10(11)8-7-9-5-6-9/h1-4,9H,5-6H2,(H,17,18). The van der Waals surface area contributed by atoms with Crippen LogP contribution < -0.4 is 5.32 Å². The van der Waals surface area contributed by atoms with Gasteiger partial charge in [-0.25, -0.2) is 0 Å². The van der Waals surface area contributed by atoms with Gasteiger partial charge in [0.25, 0.3) is 0 Å². The van der Waals surface area contributed by atoms with Gasteiger partial charge in [-0.1, -0.05) is 24.0 Å². The monoisotopic (exact) mass is 253 g/mol. The Morgan fingerprint density at radius 3 is 2.56 bits per heavy atom. The van der Waals surface area contributed by atoms with Crippen LogP contribution in [0.25, 0.3) is 0 Å². The zero-order chi connectivity index (χ0) is 13.2. The van der Waals surface area contributed by atoms with Crippen LogP contribution in [0, 0.1) is 17.8 Å². The van der Waals surface area contributed by atoms with Gasteiger partial charge in [0.1, 0.15) is 0 Å². The second kappa shape index (κ2) is 4.73. The molecule has 1 aliphatic rings. The SMILES string of the molecule is O=C(Nc1ccccc1C#CC1CC1)C(F)(F)F. The zero-order valence-electron chi connectivity index (χ0n) is 9.34. The summed E-state index contributed by atoms with van der Waals surface area (Å²) in [5.74, 6) is 4.10. The Labute approximate surface area is 102 Å². The third-order valence-corrected chi connectivity index (χ3v) is 2.42. The van der Waals surface area contributed by atoms with E-state index in [0.29, 0.717) is 11.5 Å². The molecule has 94 valence electrons. The first-order chi connectivity index (χ1) is 8.47. The van der Waals surface area contributed by atoms with E-state index in [4.69, 9.17) is 0 Å². The van der Waals surface area contributed by atoms with Crippen LogP contribution in [0.2, 0.25) is 0 Å². The maximum Gasteiger partial charge on any atom is 0.471 e. The predicted octanol–water partition coefficient (Wildman–Crippen LogP) is 2.95. The smallest absolute Gasteiger partial charge is 0.317 e. The normalized spacial score (nSPS) is 14.6. The quantitative estimate of drug-likeness (QED) is 0.766. The van der Waals surface area contributed by atoms with Gasteiger partial charge in [-0.05, 0) is 25.0 Å².